The van der Waals surface area contributed by atoms with Gasteiger partial charge in [-0.3, -0.25) is 4.79 Å². The van der Waals surface area contributed by atoms with E-state index < -0.39 is 0 Å². The summed E-state index contributed by atoms with van der Waals surface area (Å²) in [5.41, 5.74) is 1.64. The minimum Gasteiger partial charge on any atom is -0.496 e. The second kappa shape index (κ2) is 8.63. The molecule has 0 aliphatic carbocycles. The first-order chi connectivity index (χ1) is 16.2. The van der Waals surface area contributed by atoms with Crippen LogP contribution in [0.5, 0.6) is 11.5 Å². The second-order valence-corrected chi connectivity index (χ2v) is 7.27. The molecule has 2 aromatic heterocycles. The van der Waals surface area contributed by atoms with E-state index in [1.807, 2.05) is 61.5 Å². The summed E-state index contributed by atoms with van der Waals surface area (Å²) < 4.78 is 18.4. The van der Waals surface area contributed by atoms with Gasteiger partial charge >= 0.3 is 0 Å². The van der Waals surface area contributed by atoms with Crippen LogP contribution >= 0.6 is 0 Å². The van der Waals surface area contributed by atoms with Gasteiger partial charge in [0.25, 0.3) is 5.56 Å². The minimum absolute atomic E-state index is 0.294. The number of ether oxygens (including phenoxy) is 2. The van der Waals surface area contributed by atoms with E-state index in [0.29, 0.717) is 46.2 Å². The molecule has 0 bridgehead atoms. The van der Waals surface area contributed by atoms with E-state index in [-0.39, 0.29) is 5.56 Å². The Balaban J connectivity index is 1.73. The summed E-state index contributed by atoms with van der Waals surface area (Å²) >= 11 is 0. The number of hydrogen-bond acceptors (Lipinski definition) is 6. The zero-order valence-electron chi connectivity index (χ0n) is 18.2. The number of fused-ring (bicyclic) bond motifs is 2. The quantitative estimate of drug-likeness (QED) is 0.344. The third kappa shape index (κ3) is 3.74. The molecule has 0 atom stereocenters. The number of methoxy groups -OCH3 is 1. The summed E-state index contributed by atoms with van der Waals surface area (Å²) in [5, 5.41) is 5.75. The van der Waals surface area contributed by atoms with Crippen molar-refractivity contribution in [1.29, 1.82) is 0 Å². The van der Waals surface area contributed by atoms with Crippen molar-refractivity contribution in [2.75, 3.05) is 13.7 Å². The highest BCUT2D eigenvalue weighted by Gasteiger charge is 2.18. The van der Waals surface area contributed by atoms with E-state index in [2.05, 4.69) is 5.10 Å². The van der Waals surface area contributed by atoms with Crippen LogP contribution < -0.4 is 15.0 Å². The number of furan rings is 1. The fourth-order valence-corrected chi connectivity index (χ4v) is 3.71. The average molecular weight is 439 g/mol. The second-order valence-electron chi connectivity index (χ2n) is 7.27. The van der Waals surface area contributed by atoms with E-state index in [9.17, 15) is 4.79 Å². The maximum Gasteiger partial charge on any atom is 0.282 e. The topological polar surface area (TPSA) is 78.8 Å². The van der Waals surface area contributed by atoms with Gasteiger partial charge in [-0.15, -0.1) is 0 Å². The van der Waals surface area contributed by atoms with Gasteiger partial charge in [0.05, 0.1) is 36.2 Å². The van der Waals surface area contributed by atoms with Crippen LogP contribution in [0.3, 0.4) is 0 Å². The Morgan fingerprint density at radius 1 is 1.00 bits per heavy atom. The first kappa shape index (κ1) is 20.5. The molecule has 33 heavy (non-hydrogen) atoms. The summed E-state index contributed by atoms with van der Waals surface area (Å²) in [4.78, 5) is 18.1. The Bertz CT molecular complexity index is 1550. The first-order valence-corrected chi connectivity index (χ1v) is 10.5. The van der Waals surface area contributed by atoms with Crippen molar-refractivity contribution in [2.24, 2.45) is 5.10 Å². The fraction of sp³-hybridized carbons (Fsp3) is 0.115. The van der Waals surface area contributed by atoms with Crippen molar-refractivity contribution in [3.8, 4) is 23.1 Å². The predicted molar refractivity (Wildman–Crippen MR) is 128 cm³/mol. The van der Waals surface area contributed by atoms with Crippen molar-refractivity contribution in [1.82, 2.24) is 9.66 Å². The lowest BCUT2D eigenvalue weighted by Gasteiger charge is -2.08. The van der Waals surface area contributed by atoms with Crippen LogP contribution in [-0.2, 0) is 0 Å². The SMILES string of the molecule is CCOc1ccccc1C=Nn1c(-c2cc3c(OC)cccc3o2)nc2ccccc2c1=O. The Morgan fingerprint density at radius 3 is 2.64 bits per heavy atom. The zero-order chi connectivity index (χ0) is 22.8. The molecule has 0 saturated carbocycles. The number of aromatic nitrogens is 2. The third-order valence-electron chi connectivity index (χ3n) is 5.25. The third-order valence-corrected chi connectivity index (χ3v) is 5.25. The molecule has 0 aliphatic rings. The van der Waals surface area contributed by atoms with Crippen LogP contribution in [0, 0.1) is 0 Å². The number of rotatable bonds is 6. The molecular formula is C26H21N3O4. The van der Waals surface area contributed by atoms with Crippen LogP contribution in [0.4, 0.5) is 0 Å². The molecule has 5 aromatic rings. The summed E-state index contributed by atoms with van der Waals surface area (Å²) in [5.74, 6) is 2.06. The molecule has 2 heterocycles. The molecule has 164 valence electrons. The molecule has 0 saturated heterocycles. The molecule has 7 nitrogen and oxygen atoms in total. The van der Waals surface area contributed by atoms with Crippen LogP contribution in [0.15, 0.2) is 87.1 Å². The van der Waals surface area contributed by atoms with Crippen LogP contribution in [0.2, 0.25) is 0 Å². The minimum atomic E-state index is -0.298. The highest BCUT2D eigenvalue weighted by molar-refractivity contribution is 5.89. The van der Waals surface area contributed by atoms with Crippen molar-refractivity contribution < 1.29 is 13.9 Å². The lowest BCUT2D eigenvalue weighted by Crippen LogP contribution is -2.20. The smallest absolute Gasteiger partial charge is 0.282 e. The van der Waals surface area contributed by atoms with Gasteiger partial charge in [-0.1, -0.05) is 30.3 Å². The molecular weight excluding hydrogens is 418 g/mol. The van der Waals surface area contributed by atoms with E-state index >= 15 is 0 Å². The lowest BCUT2D eigenvalue weighted by atomic mass is 10.2. The van der Waals surface area contributed by atoms with Gasteiger partial charge in [0, 0.05) is 5.56 Å². The number of benzene rings is 3. The Morgan fingerprint density at radius 2 is 1.79 bits per heavy atom. The highest BCUT2D eigenvalue weighted by atomic mass is 16.5. The maximum atomic E-state index is 13.4. The van der Waals surface area contributed by atoms with Crippen molar-refractivity contribution in [3.63, 3.8) is 0 Å². The van der Waals surface area contributed by atoms with Crippen molar-refractivity contribution in [3.05, 3.63) is 88.7 Å². The molecule has 5 rings (SSSR count). The summed E-state index contributed by atoms with van der Waals surface area (Å²) in [7, 11) is 1.60. The molecule has 0 fully saturated rings. The molecule has 3 aromatic carbocycles. The molecule has 0 N–H and O–H groups in total. The number of para-hydroxylation sites is 2. The van der Waals surface area contributed by atoms with Gasteiger partial charge in [0.1, 0.15) is 17.1 Å². The highest BCUT2D eigenvalue weighted by Crippen LogP contribution is 2.32. The van der Waals surface area contributed by atoms with E-state index in [1.165, 1.54) is 4.68 Å². The summed E-state index contributed by atoms with van der Waals surface area (Å²) in [6.45, 7) is 2.44. The molecule has 0 aliphatic heterocycles. The normalized spacial score (nSPS) is 11.5. The van der Waals surface area contributed by atoms with E-state index in [1.54, 1.807) is 31.5 Å². The zero-order valence-corrected chi connectivity index (χ0v) is 18.2. The van der Waals surface area contributed by atoms with Gasteiger partial charge in [0.2, 0.25) is 5.82 Å². The molecule has 7 heteroatoms. The Kier molecular flexibility index (Phi) is 5.36. The first-order valence-electron chi connectivity index (χ1n) is 10.5. The molecule has 0 amide bonds. The monoisotopic (exact) mass is 439 g/mol. The number of hydrogen-bond donors (Lipinski definition) is 0. The predicted octanol–water partition coefficient (Wildman–Crippen LogP) is 5.10. The van der Waals surface area contributed by atoms with Gasteiger partial charge in [-0.05, 0) is 49.4 Å². The number of nitrogens with zero attached hydrogens (tertiary/aromatic N) is 3. The Hall–Kier alpha value is -4.39. The largest absolute Gasteiger partial charge is 0.496 e. The van der Waals surface area contributed by atoms with Crippen LogP contribution in [0.25, 0.3) is 33.5 Å². The standard InChI is InChI=1S/C26H21N3O4/c1-3-32-21-12-7-4-9-17(21)16-27-29-25(28-20-11-6-5-10-18(20)26(29)30)24-15-19-22(31-2)13-8-14-23(19)33-24/h4-16H,3H2,1-2H3. The molecule has 0 radical (unpaired) electrons. The average Bonchev–Trinajstić information content (AvgIpc) is 3.29. The lowest BCUT2D eigenvalue weighted by molar-refractivity contribution is 0.340. The maximum absolute atomic E-state index is 13.4. The van der Waals surface area contributed by atoms with Crippen molar-refractivity contribution >= 4 is 28.1 Å². The van der Waals surface area contributed by atoms with Gasteiger partial charge in [0.15, 0.2) is 5.76 Å². The van der Waals surface area contributed by atoms with Crippen molar-refractivity contribution in [2.45, 2.75) is 6.92 Å². The van der Waals surface area contributed by atoms with E-state index in [0.717, 1.165) is 10.9 Å². The molecule has 0 spiro atoms. The Labute approximate surface area is 189 Å². The van der Waals surface area contributed by atoms with Gasteiger partial charge in [-0.25, -0.2) is 4.98 Å². The summed E-state index contributed by atoms with van der Waals surface area (Å²) in [6.07, 6.45) is 1.59. The van der Waals surface area contributed by atoms with Gasteiger partial charge < -0.3 is 13.9 Å². The van der Waals surface area contributed by atoms with E-state index in [4.69, 9.17) is 18.9 Å². The fourth-order valence-electron chi connectivity index (χ4n) is 3.71. The summed E-state index contributed by atoms with van der Waals surface area (Å²) in [6, 6.07) is 22.0. The van der Waals surface area contributed by atoms with Crippen LogP contribution in [-0.4, -0.2) is 29.6 Å². The van der Waals surface area contributed by atoms with Crippen LogP contribution in [0.1, 0.15) is 12.5 Å². The molecule has 0 unspecified atom stereocenters. The van der Waals surface area contributed by atoms with Gasteiger partial charge in [-0.2, -0.15) is 9.78 Å².